The lowest BCUT2D eigenvalue weighted by Crippen LogP contribution is -2.13. The minimum absolute atomic E-state index is 0.154. The molecule has 0 fully saturated rings. The second-order valence-corrected chi connectivity index (χ2v) is 7.13. The van der Waals surface area contributed by atoms with Crippen LogP contribution in [0.2, 0.25) is 0 Å². The summed E-state index contributed by atoms with van der Waals surface area (Å²) < 4.78 is 16.3. The number of nitrogens with zero attached hydrogens (tertiary/aromatic N) is 4. The summed E-state index contributed by atoms with van der Waals surface area (Å²) in [6, 6.07) is 14.8. The van der Waals surface area contributed by atoms with Crippen molar-refractivity contribution in [2.45, 2.75) is 26.7 Å². The van der Waals surface area contributed by atoms with E-state index in [-0.39, 0.29) is 18.3 Å². The standard InChI is InChI=1S/C24H23N5O4/c1-3-31-18-7-5-17(6-8-18)23-28-22(33-29-23)12-11-21(30)27-20-10-9-19(15-16(20)2)32-24-25-13-4-14-26-24/h4-10,13-15H,3,11-12H2,1-2H3,(H,27,30). The molecule has 0 radical (unpaired) electrons. The van der Waals surface area contributed by atoms with Crippen LogP contribution in [0.3, 0.4) is 0 Å². The third-order valence-corrected chi connectivity index (χ3v) is 4.68. The average molecular weight is 445 g/mol. The molecule has 0 unspecified atom stereocenters. The zero-order valence-corrected chi connectivity index (χ0v) is 18.3. The molecule has 2 heterocycles. The number of hydrogen-bond donors (Lipinski definition) is 1. The quantitative estimate of drug-likeness (QED) is 0.398. The van der Waals surface area contributed by atoms with E-state index >= 15 is 0 Å². The maximum Gasteiger partial charge on any atom is 0.321 e. The first-order valence-electron chi connectivity index (χ1n) is 10.5. The number of benzene rings is 2. The van der Waals surface area contributed by atoms with Crippen molar-refractivity contribution >= 4 is 11.6 Å². The lowest BCUT2D eigenvalue weighted by Gasteiger charge is -2.10. The highest BCUT2D eigenvalue weighted by molar-refractivity contribution is 5.91. The summed E-state index contributed by atoms with van der Waals surface area (Å²) in [5, 5.41) is 6.90. The van der Waals surface area contributed by atoms with E-state index in [9.17, 15) is 4.79 Å². The fourth-order valence-corrected chi connectivity index (χ4v) is 3.06. The monoisotopic (exact) mass is 445 g/mol. The molecule has 9 heteroatoms. The van der Waals surface area contributed by atoms with Crippen LogP contribution in [0, 0.1) is 6.92 Å². The average Bonchev–Trinajstić information content (AvgIpc) is 3.30. The molecule has 0 saturated carbocycles. The number of carbonyl (C=O) groups excluding carboxylic acids is 1. The van der Waals surface area contributed by atoms with Crippen LogP contribution in [-0.4, -0.2) is 32.6 Å². The van der Waals surface area contributed by atoms with Gasteiger partial charge < -0.3 is 19.3 Å². The lowest BCUT2D eigenvalue weighted by molar-refractivity contribution is -0.116. The predicted octanol–water partition coefficient (Wildman–Crippen LogP) is 4.60. The molecule has 9 nitrogen and oxygen atoms in total. The Balaban J connectivity index is 1.30. The summed E-state index contributed by atoms with van der Waals surface area (Å²) in [5.41, 5.74) is 2.37. The molecule has 0 saturated heterocycles. The van der Waals surface area contributed by atoms with Gasteiger partial charge >= 0.3 is 6.01 Å². The first kappa shape index (κ1) is 21.9. The zero-order valence-electron chi connectivity index (χ0n) is 18.3. The van der Waals surface area contributed by atoms with Crippen molar-refractivity contribution in [3.8, 4) is 28.9 Å². The Morgan fingerprint density at radius 2 is 1.82 bits per heavy atom. The normalized spacial score (nSPS) is 10.6. The van der Waals surface area contributed by atoms with Crippen molar-refractivity contribution in [2.24, 2.45) is 0 Å². The minimum Gasteiger partial charge on any atom is -0.494 e. The van der Waals surface area contributed by atoms with Crippen LogP contribution in [-0.2, 0) is 11.2 Å². The molecule has 0 bridgehead atoms. The highest BCUT2D eigenvalue weighted by Gasteiger charge is 2.12. The summed E-state index contributed by atoms with van der Waals surface area (Å²) in [6.45, 7) is 4.42. The molecule has 0 aliphatic heterocycles. The first-order chi connectivity index (χ1) is 16.1. The smallest absolute Gasteiger partial charge is 0.321 e. The molecule has 33 heavy (non-hydrogen) atoms. The third-order valence-electron chi connectivity index (χ3n) is 4.68. The Bertz CT molecular complexity index is 1210. The minimum atomic E-state index is -0.154. The number of carbonyl (C=O) groups is 1. The van der Waals surface area contributed by atoms with Gasteiger partial charge in [0.1, 0.15) is 11.5 Å². The first-order valence-corrected chi connectivity index (χ1v) is 10.5. The van der Waals surface area contributed by atoms with Gasteiger partial charge in [-0.25, -0.2) is 9.97 Å². The molecule has 0 spiro atoms. The molecule has 0 atom stereocenters. The van der Waals surface area contributed by atoms with E-state index in [1.54, 1.807) is 30.6 Å². The molecule has 1 amide bonds. The highest BCUT2D eigenvalue weighted by atomic mass is 16.5. The number of anilines is 1. The van der Waals surface area contributed by atoms with Gasteiger partial charge in [-0.2, -0.15) is 4.98 Å². The van der Waals surface area contributed by atoms with Gasteiger partial charge in [0.05, 0.1) is 6.61 Å². The fourth-order valence-electron chi connectivity index (χ4n) is 3.06. The molecule has 168 valence electrons. The van der Waals surface area contributed by atoms with Crippen LogP contribution in [0.25, 0.3) is 11.4 Å². The van der Waals surface area contributed by atoms with Crippen molar-refractivity contribution in [1.29, 1.82) is 0 Å². The van der Waals surface area contributed by atoms with Gasteiger partial charge in [-0.3, -0.25) is 4.79 Å². The van der Waals surface area contributed by atoms with E-state index in [0.717, 1.165) is 16.9 Å². The fraction of sp³-hybridized carbons (Fsp3) is 0.208. The van der Waals surface area contributed by atoms with Gasteiger partial charge in [0.15, 0.2) is 0 Å². The number of nitrogens with one attached hydrogen (secondary N) is 1. The Hall–Kier alpha value is -4.27. The van der Waals surface area contributed by atoms with Crippen molar-refractivity contribution in [3.63, 3.8) is 0 Å². The number of aromatic nitrogens is 4. The molecule has 2 aromatic heterocycles. The van der Waals surface area contributed by atoms with E-state index < -0.39 is 0 Å². The SMILES string of the molecule is CCOc1ccc(-c2noc(CCC(=O)Nc3ccc(Oc4ncccn4)cc3C)n2)cc1. The Labute approximate surface area is 190 Å². The van der Waals surface area contributed by atoms with Gasteiger partial charge in [-0.1, -0.05) is 5.16 Å². The lowest BCUT2D eigenvalue weighted by atomic mass is 10.2. The Morgan fingerprint density at radius 1 is 1.06 bits per heavy atom. The number of ether oxygens (including phenoxy) is 2. The topological polar surface area (TPSA) is 112 Å². The summed E-state index contributed by atoms with van der Waals surface area (Å²) in [5.74, 6) is 2.09. The van der Waals surface area contributed by atoms with Crippen LogP contribution in [0.5, 0.6) is 17.5 Å². The van der Waals surface area contributed by atoms with Gasteiger partial charge in [-0.05, 0) is 67.9 Å². The van der Waals surface area contributed by atoms with Crippen LogP contribution < -0.4 is 14.8 Å². The van der Waals surface area contributed by atoms with Crippen molar-refractivity contribution < 1.29 is 18.8 Å². The van der Waals surface area contributed by atoms with Crippen molar-refractivity contribution in [3.05, 3.63) is 72.4 Å². The van der Waals surface area contributed by atoms with Gasteiger partial charge in [0, 0.05) is 36.5 Å². The second kappa shape index (κ2) is 10.4. The number of hydrogen-bond acceptors (Lipinski definition) is 8. The van der Waals surface area contributed by atoms with E-state index in [0.29, 0.717) is 36.2 Å². The van der Waals surface area contributed by atoms with E-state index in [4.69, 9.17) is 14.0 Å². The van der Waals surface area contributed by atoms with Crippen LogP contribution in [0.15, 0.2) is 65.4 Å². The van der Waals surface area contributed by atoms with Crippen molar-refractivity contribution in [1.82, 2.24) is 20.1 Å². The maximum atomic E-state index is 12.4. The summed E-state index contributed by atoms with van der Waals surface area (Å²) in [6.07, 6.45) is 3.75. The summed E-state index contributed by atoms with van der Waals surface area (Å²) in [7, 11) is 0. The molecular weight excluding hydrogens is 422 g/mol. The van der Waals surface area contributed by atoms with Crippen molar-refractivity contribution in [2.75, 3.05) is 11.9 Å². The van der Waals surface area contributed by atoms with Gasteiger partial charge in [-0.15, -0.1) is 0 Å². The zero-order chi connectivity index (χ0) is 23.0. The van der Waals surface area contributed by atoms with E-state index in [1.807, 2.05) is 44.2 Å². The summed E-state index contributed by atoms with van der Waals surface area (Å²) in [4.78, 5) is 24.9. The predicted molar refractivity (Wildman–Crippen MR) is 121 cm³/mol. The van der Waals surface area contributed by atoms with E-state index in [2.05, 4.69) is 25.4 Å². The van der Waals surface area contributed by atoms with Gasteiger partial charge in [0.2, 0.25) is 17.6 Å². The third kappa shape index (κ3) is 5.91. The highest BCUT2D eigenvalue weighted by Crippen LogP contribution is 2.24. The van der Waals surface area contributed by atoms with Gasteiger partial charge in [0.25, 0.3) is 0 Å². The maximum absolute atomic E-state index is 12.4. The van der Waals surface area contributed by atoms with Crippen LogP contribution >= 0.6 is 0 Å². The second-order valence-electron chi connectivity index (χ2n) is 7.13. The molecule has 4 rings (SSSR count). The van der Waals surface area contributed by atoms with E-state index in [1.165, 1.54) is 0 Å². The molecule has 2 aromatic carbocycles. The number of aryl methyl sites for hydroxylation is 2. The number of rotatable bonds is 9. The molecule has 0 aliphatic rings. The largest absolute Gasteiger partial charge is 0.494 e. The Kier molecular flexibility index (Phi) is 6.89. The van der Waals surface area contributed by atoms with Crippen LogP contribution in [0.4, 0.5) is 5.69 Å². The number of amides is 1. The molecule has 4 aromatic rings. The molecule has 1 N–H and O–H groups in total. The Morgan fingerprint density at radius 3 is 2.55 bits per heavy atom. The van der Waals surface area contributed by atoms with Crippen LogP contribution in [0.1, 0.15) is 24.8 Å². The summed E-state index contributed by atoms with van der Waals surface area (Å²) >= 11 is 0. The molecule has 0 aliphatic carbocycles. The molecular formula is C24H23N5O4.